The van der Waals surface area contributed by atoms with Gasteiger partial charge in [-0.05, 0) is 42.5 Å². The quantitative estimate of drug-likeness (QED) is 0.451. The lowest BCUT2D eigenvalue weighted by molar-refractivity contribution is 0.0518. The van der Waals surface area contributed by atoms with Crippen molar-refractivity contribution in [1.82, 2.24) is 19.2 Å². The number of halogens is 1. The third kappa shape index (κ3) is 3.34. The van der Waals surface area contributed by atoms with Crippen LogP contribution in [0.5, 0.6) is 0 Å². The van der Waals surface area contributed by atoms with E-state index in [1.165, 1.54) is 10.7 Å². The Morgan fingerprint density at radius 2 is 1.71 bits per heavy atom. The number of piperazine rings is 1. The minimum Gasteiger partial charge on any atom is -0.459 e. The van der Waals surface area contributed by atoms with Crippen LogP contribution < -0.4 is 5.56 Å². The number of rotatable bonds is 2. The van der Waals surface area contributed by atoms with E-state index in [4.69, 9.17) is 16.0 Å². The van der Waals surface area contributed by atoms with Gasteiger partial charge < -0.3 is 14.2 Å². The van der Waals surface area contributed by atoms with Gasteiger partial charge in [-0.25, -0.2) is 4.98 Å². The average molecular weight is 437 g/mol. The van der Waals surface area contributed by atoms with E-state index in [2.05, 4.69) is 4.98 Å². The zero-order chi connectivity index (χ0) is 21.5. The number of hydrogen-bond donors (Lipinski definition) is 0. The minimum absolute atomic E-state index is 0.194. The van der Waals surface area contributed by atoms with Crippen LogP contribution in [-0.4, -0.2) is 57.2 Å². The summed E-state index contributed by atoms with van der Waals surface area (Å²) in [5.74, 6) is -0.145. The Hall–Kier alpha value is -3.65. The summed E-state index contributed by atoms with van der Waals surface area (Å²) in [6.07, 6.45) is 3.04. The van der Waals surface area contributed by atoms with Crippen LogP contribution in [-0.2, 0) is 0 Å². The van der Waals surface area contributed by atoms with E-state index in [1.54, 1.807) is 58.5 Å². The summed E-state index contributed by atoms with van der Waals surface area (Å²) in [4.78, 5) is 46.5. The fourth-order valence-electron chi connectivity index (χ4n) is 3.81. The van der Waals surface area contributed by atoms with Crippen LogP contribution in [0.25, 0.3) is 16.6 Å². The van der Waals surface area contributed by atoms with Gasteiger partial charge in [0.05, 0.1) is 22.7 Å². The third-order valence-electron chi connectivity index (χ3n) is 5.42. The molecule has 0 N–H and O–H groups in total. The molecule has 0 spiro atoms. The standard InChI is InChI=1S/C22H17ClN4O4/c23-14-5-6-17-16(13-14)21(29)27-7-1-3-15(19(27)24-17)20(28)25-8-10-26(11-9-25)22(30)18-4-2-12-31-18/h1-7,12-13H,8-11H2. The maximum atomic E-state index is 13.2. The van der Waals surface area contributed by atoms with E-state index in [-0.39, 0.29) is 23.1 Å². The molecular weight excluding hydrogens is 420 g/mol. The first-order chi connectivity index (χ1) is 15.0. The second kappa shape index (κ2) is 7.55. The van der Waals surface area contributed by atoms with Gasteiger partial charge in [0.1, 0.15) is 0 Å². The van der Waals surface area contributed by atoms with Gasteiger partial charge >= 0.3 is 0 Å². The second-order valence-corrected chi connectivity index (χ2v) is 7.69. The van der Waals surface area contributed by atoms with E-state index in [1.807, 2.05) is 0 Å². The van der Waals surface area contributed by atoms with Gasteiger partial charge in [-0.15, -0.1) is 0 Å². The second-order valence-electron chi connectivity index (χ2n) is 7.26. The summed E-state index contributed by atoms with van der Waals surface area (Å²) in [5.41, 5.74) is 0.818. The monoisotopic (exact) mass is 436 g/mol. The first kappa shape index (κ1) is 19.3. The summed E-state index contributed by atoms with van der Waals surface area (Å²) in [6, 6.07) is 11.5. The number of fused-ring (bicyclic) bond motifs is 2. The maximum Gasteiger partial charge on any atom is 0.289 e. The summed E-state index contributed by atoms with van der Waals surface area (Å²) in [7, 11) is 0. The lowest BCUT2D eigenvalue weighted by Crippen LogP contribution is -2.50. The van der Waals surface area contributed by atoms with Gasteiger partial charge in [0.15, 0.2) is 11.4 Å². The van der Waals surface area contributed by atoms with Crippen LogP contribution in [0, 0.1) is 0 Å². The molecule has 4 aromatic rings. The molecule has 1 fully saturated rings. The number of amides is 2. The van der Waals surface area contributed by atoms with Crippen LogP contribution in [0.3, 0.4) is 0 Å². The minimum atomic E-state index is -0.286. The number of carbonyl (C=O) groups is 2. The van der Waals surface area contributed by atoms with E-state index < -0.39 is 0 Å². The molecule has 31 heavy (non-hydrogen) atoms. The fourth-order valence-corrected chi connectivity index (χ4v) is 3.98. The Morgan fingerprint density at radius 3 is 2.42 bits per heavy atom. The predicted molar refractivity (Wildman–Crippen MR) is 114 cm³/mol. The fraction of sp³-hybridized carbons (Fsp3) is 0.182. The molecule has 1 aliphatic rings. The van der Waals surface area contributed by atoms with Gasteiger partial charge in [0, 0.05) is 37.4 Å². The molecule has 4 heterocycles. The molecule has 156 valence electrons. The van der Waals surface area contributed by atoms with Crippen LogP contribution in [0.1, 0.15) is 20.9 Å². The molecule has 5 rings (SSSR count). The van der Waals surface area contributed by atoms with E-state index in [0.29, 0.717) is 53.3 Å². The molecule has 0 saturated carbocycles. The van der Waals surface area contributed by atoms with Crippen molar-refractivity contribution in [2.45, 2.75) is 0 Å². The molecule has 0 radical (unpaired) electrons. The van der Waals surface area contributed by atoms with Gasteiger partial charge in [-0.1, -0.05) is 11.6 Å². The normalized spacial score (nSPS) is 14.4. The number of benzene rings is 1. The largest absolute Gasteiger partial charge is 0.459 e. The third-order valence-corrected chi connectivity index (χ3v) is 5.65. The van der Waals surface area contributed by atoms with Crippen molar-refractivity contribution in [2.24, 2.45) is 0 Å². The molecule has 9 heteroatoms. The van der Waals surface area contributed by atoms with Crippen molar-refractivity contribution in [1.29, 1.82) is 0 Å². The number of furan rings is 1. The summed E-state index contributed by atoms with van der Waals surface area (Å²) in [5, 5.41) is 0.834. The van der Waals surface area contributed by atoms with Crippen molar-refractivity contribution < 1.29 is 14.0 Å². The summed E-state index contributed by atoms with van der Waals surface area (Å²) >= 11 is 6.02. The number of hydrogen-bond acceptors (Lipinski definition) is 5. The summed E-state index contributed by atoms with van der Waals surface area (Å²) in [6.45, 7) is 1.54. The van der Waals surface area contributed by atoms with Crippen LogP contribution in [0.15, 0.2) is 64.1 Å². The van der Waals surface area contributed by atoms with Crippen molar-refractivity contribution in [3.63, 3.8) is 0 Å². The highest BCUT2D eigenvalue weighted by Crippen LogP contribution is 2.19. The molecule has 8 nitrogen and oxygen atoms in total. The molecule has 0 bridgehead atoms. The van der Waals surface area contributed by atoms with Crippen molar-refractivity contribution >= 4 is 40.0 Å². The van der Waals surface area contributed by atoms with E-state index in [0.717, 1.165) is 0 Å². The molecule has 0 aliphatic carbocycles. The number of aromatic nitrogens is 2. The van der Waals surface area contributed by atoms with Crippen LogP contribution >= 0.6 is 11.6 Å². The molecule has 0 atom stereocenters. The summed E-state index contributed by atoms with van der Waals surface area (Å²) < 4.78 is 6.54. The van der Waals surface area contributed by atoms with Crippen LogP contribution in [0.4, 0.5) is 0 Å². The van der Waals surface area contributed by atoms with Gasteiger partial charge in [-0.2, -0.15) is 0 Å². The first-order valence-electron chi connectivity index (χ1n) is 9.75. The maximum absolute atomic E-state index is 13.2. The van der Waals surface area contributed by atoms with Crippen molar-refractivity contribution in [3.8, 4) is 0 Å². The molecule has 1 aliphatic heterocycles. The van der Waals surface area contributed by atoms with E-state index in [9.17, 15) is 14.4 Å². The predicted octanol–water partition coefficient (Wildman–Crippen LogP) is 2.69. The zero-order valence-electron chi connectivity index (χ0n) is 16.3. The van der Waals surface area contributed by atoms with Crippen LogP contribution in [0.2, 0.25) is 5.02 Å². The van der Waals surface area contributed by atoms with Gasteiger partial charge in [0.25, 0.3) is 17.4 Å². The number of carbonyl (C=O) groups excluding carboxylic acids is 2. The lowest BCUT2D eigenvalue weighted by Gasteiger charge is -2.34. The Kier molecular flexibility index (Phi) is 4.71. The highest BCUT2D eigenvalue weighted by atomic mass is 35.5. The molecule has 1 saturated heterocycles. The van der Waals surface area contributed by atoms with Gasteiger partial charge in [-0.3, -0.25) is 18.8 Å². The molecule has 3 aromatic heterocycles. The molecule has 0 unspecified atom stereocenters. The highest BCUT2D eigenvalue weighted by Gasteiger charge is 2.28. The lowest BCUT2D eigenvalue weighted by atomic mass is 10.2. The smallest absolute Gasteiger partial charge is 0.289 e. The highest BCUT2D eigenvalue weighted by molar-refractivity contribution is 6.31. The SMILES string of the molecule is O=C(c1ccco1)N1CCN(C(=O)c2cccn3c(=O)c4cc(Cl)ccc4nc23)CC1. The zero-order valence-corrected chi connectivity index (χ0v) is 17.1. The average Bonchev–Trinajstić information content (AvgIpc) is 3.34. The number of nitrogens with zero attached hydrogens (tertiary/aromatic N) is 4. The van der Waals surface area contributed by atoms with Gasteiger partial charge in [0.2, 0.25) is 0 Å². The first-order valence-corrected chi connectivity index (χ1v) is 10.1. The topological polar surface area (TPSA) is 88.1 Å². The molecule has 1 aromatic carbocycles. The number of pyridine rings is 1. The molecular formula is C22H17ClN4O4. The Morgan fingerprint density at radius 1 is 0.968 bits per heavy atom. The Labute approximate surface area is 181 Å². The van der Waals surface area contributed by atoms with Crippen molar-refractivity contribution in [2.75, 3.05) is 26.2 Å². The Bertz CT molecular complexity index is 1370. The molecule has 2 amide bonds. The van der Waals surface area contributed by atoms with Crippen molar-refractivity contribution in [3.05, 3.63) is 81.6 Å². The Balaban J connectivity index is 1.44. The van der Waals surface area contributed by atoms with E-state index >= 15 is 0 Å².